The maximum absolute atomic E-state index is 12.2. The fourth-order valence-electron chi connectivity index (χ4n) is 3.21. The standard InChI is InChI=1S/C21H33ClN4O2.HI/c1-4-23-21(26(3)13-9-17-10-14-28-15-11-17)24-12-8-20(27)25-19-7-5-6-18(22)16(19)2;/h5-7,17H,4,8-15H2,1-3H3,(H,23,24)(H,25,27);1H. The van der Waals surface area contributed by atoms with E-state index < -0.39 is 0 Å². The molecule has 1 aliphatic rings. The van der Waals surface area contributed by atoms with Gasteiger partial charge in [0.1, 0.15) is 0 Å². The van der Waals surface area contributed by atoms with E-state index in [2.05, 4.69) is 34.5 Å². The van der Waals surface area contributed by atoms with Crippen LogP contribution in [-0.4, -0.2) is 56.7 Å². The van der Waals surface area contributed by atoms with Crippen LogP contribution in [0.4, 0.5) is 5.69 Å². The first-order valence-electron chi connectivity index (χ1n) is 10.1. The molecule has 2 N–H and O–H groups in total. The lowest BCUT2D eigenvalue weighted by Gasteiger charge is -2.26. The SMILES string of the molecule is CCNC(=NCCC(=O)Nc1cccc(Cl)c1C)N(C)CCC1CCOCC1.I. The van der Waals surface area contributed by atoms with Crippen molar-refractivity contribution in [2.75, 3.05) is 45.2 Å². The van der Waals surface area contributed by atoms with Crippen LogP contribution >= 0.6 is 35.6 Å². The Bertz CT molecular complexity index is 666. The summed E-state index contributed by atoms with van der Waals surface area (Å²) in [4.78, 5) is 19.0. The van der Waals surface area contributed by atoms with Gasteiger partial charge in [-0.1, -0.05) is 17.7 Å². The molecular weight excluding hydrogens is 503 g/mol. The molecular formula is C21H34ClIN4O2. The van der Waals surface area contributed by atoms with Crippen molar-refractivity contribution in [2.24, 2.45) is 10.9 Å². The lowest BCUT2D eigenvalue weighted by Crippen LogP contribution is -2.40. The van der Waals surface area contributed by atoms with Gasteiger partial charge in [-0.05, 0) is 56.7 Å². The Hall–Kier alpha value is -1.06. The highest BCUT2D eigenvalue weighted by molar-refractivity contribution is 14.0. The van der Waals surface area contributed by atoms with Crippen LogP contribution in [0.2, 0.25) is 5.02 Å². The number of benzene rings is 1. The summed E-state index contributed by atoms with van der Waals surface area (Å²) in [6, 6.07) is 5.51. The fourth-order valence-corrected chi connectivity index (χ4v) is 3.38. The van der Waals surface area contributed by atoms with Gasteiger partial charge in [0, 0.05) is 50.5 Å². The fraction of sp³-hybridized carbons (Fsp3) is 0.619. The van der Waals surface area contributed by atoms with Gasteiger partial charge in [-0.25, -0.2) is 0 Å². The molecule has 1 aromatic rings. The number of carbonyl (C=O) groups excluding carboxylic acids is 1. The number of amides is 1. The minimum atomic E-state index is -0.0603. The zero-order valence-electron chi connectivity index (χ0n) is 17.7. The molecule has 0 aromatic heterocycles. The molecule has 1 fully saturated rings. The van der Waals surface area contributed by atoms with Gasteiger partial charge in [-0.15, -0.1) is 24.0 Å². The monoisotopic (exact) mass is 536 g/mol. The van der Waals surface area contributed by atoms with E-state index in [4.69, 9.17) is 16.3 Å². The molecule has 1 aliphatic heterocycles. The lowest BCUT2D eigenvalue weighted by atomic mass is 9.96. The largest absolute Gasteiger partial charge is 0.381 e. The summed E-state index contributed by atoms with van der Waals surface area (Å²) in [5.41, 5.74) is 1.63. The third kappa shape index (κ3) is 9.09. The van der Waals surface area contributed by atoms with Crippen LogP contribution in [-0.2, 0) is 9.53 Å². The number of hydrogen-bond acceptors (Lipinski definition) is 3. The first-order valence-corrected chi connectivity index (χ1v) is 10.5. The summed E-state index contributed by atoms with van der Waals surface area (Å²) in [7, 11) is 2.05. The van der Waals surface area contributed by atoms with Gasteiger partial charge < -0.3 is 20.3 Å². The number of hydrogen-bond donors (Lipinski definition) is 2. The van der Waals surface area contributed by atoms with Crippen molar-refractivity contribution < 1.29 is 9.53 Å². The molecule has 0 radical (unpaired) electrons. The summed E-state index contributed by atoms with van der Waals surface area (Å²) in [5.74, 6) is 1.52. The Morgan fingerprint density at radius 3 is 2.76 bits per heavy atom. The van der Waals surface area contributed by atoms with Crippen molar-refractivity contribution in [3.05, 3.63) is 28.8 Å². The van der Waals surface area contributed by atoms with Crippen LogP contribution in [0.15, 0.2) is 23.2 Å². The number of guanidine groups is 1. The number of rotatable bonds is 8. The third-order valence-electron chi connectivity index (χ3n) is 5.05. The molecule has 1 aromatic carbocycles. The van der Waals surface area contributed by atoms with Crippen molar-refractivity contribution in [3.63, 3.8) is 0 Å². The number of ether oxygens (including phenoxy) is 1. The first-order chi connectivity index (χ1) is 13.5. The number of nitrogens with one attached hydrogen (secondary N) is 2. The van der Waals surface area contributed by atoms with E-state index in [1.54, 1.807) is 0 Å². The number of carbonyl (C=O) groups is 1. The van der Waals surface area contributed by atoms with E-state index >= 15 is 0 Å². The van der Waals surface area contributed by atoms with Gasteiger partial charge in [0.15, 0.2) is 5.96 Å². The van der Waals surface area contributed by atoms with Gasteiger partial charge in [-0.3, -0.25) is 9.79 Å². The van der Waals surface area contributed by atoms with E-state index in [1.807, 2.05) is 25.1 Å². The molecule has 29 heavy (non-hydrogen) atoms. The van der Waals surface area contributed by atoms with Gasteiger partial charge in [0.2, 0.25) is 5.91 Å². The predicted molar refractivity (Wildman–Crippen MR) is 132 cm³/mol. The highest BCUT2D eigenvalue weighted by atomic mass is 127. The summed E-state index contributed by atoms with van der Waals surface area (Å²) < 4.78 is 5.43. The van der Waals surface area contributed by atoms with Crippen LogP contribution in [0.5, 0.6) is 0 Å². The molecule has 0 bridgehead atoms. The van der Waals surface area contributed by atoms with Crippen LogP contribution < -0.4 is 10.6 Å². The van der Waals surface area contributed by atoms with Gasteiger partial charge in [0.05, 0.1) is 6.54 Å². The Kier molecular flexibility index (Phi) is 12.6. The highest BCUT2D eigenvalue weighted by Crippen LogP contribution is 2.23. The average Bonchev–Trinajstić information content (AvgIpc) is 2.70. The van der Waals surface area contributed by atoms with Gasteiger partial charge in [0.25, 0.3) is 0 Å². The van der Waals surface area contributed by atoms with Crippen LogP contribution in [0.3, 0.4) is 0 Å². The number of nitrogens with zero attached hydrogens (tertiary/aromatic N) is 2. The Balaban J connectivity index is 0.00000420. The minimum absolute atomic E-state index is 0. The Morgan fingerprint density at radius 1 is 1.34 bits per heavy atom. The normalized spacial score (nSPS) is 14.8. The first kappa shape index (κ1) is 26.0. The maximum Gasteiger partial charge on any atom is 0.226 e. The minimum Gasteiger partial charge on any atom is -0.381 e. The smallest absolute Gasteiger partial charge is 0.226 e. The second-order valence-corrected chi connectivity index (χ2v) is 7.62. The molecule has 2 rings (SSSR count). The van der Waals surface area contributed by atoms with Crippen molar-refractivity contribution in [2.45, 2.75) is 39.5 Å². The summed E-state index contributed by atoms with van der Waals surface area (Å²) in [6.07, 6.45) is 3.75. The van der Waals surface area contributed by atoms with E-state index in [9.17, 15) is 4.79 Å². The predicted octanol–water partition coefficient (Wildman–Crippen LogP) is 4.31. The van der Waals surface area contributed by atoms with Crippen molar-refractivity contribution >= 4 is 53.1 Å². The quantitative estimate of drug-likeness (QED) is 0.295. The second kappa shape index (κ2) is 14.0. The molecule has 164 valence electrons. The van der Waals surface area contributed by atoms with Crippen molar-refractivity contribution in [1.82, 2.24) is 10.2 Å². The average molecular weight is 537 g/mol. The summed E-state index contributed by atoms with van der Waals surface area (Å²) >= 11 is 6.10. The van der Waals surface area contributed by atoms with E-state index in [0.717, 1.165) is 68.7 Å². The van der Waals surface area contributed by atoms with Crippen molar-refractivity contribution in [1.29, 1.82) is 0 Å². The summed E-state index contributed by atoms with van der Waals surface area (Å²) in [5, 5.41) is 6.88. The molecule has 0 atom stereocenters. The second-order valence-electron chi connectivity index (χ2n) is 7.21. The number of aliphatic imine (C=N–C) groups is 1. The van der Waals surface area contributed by atoms with Crippen LogP contribution in [0.1, 0.15) is 38.2 Å². The number of halogens is 2. The molecule has 1 saturated heterocycles. The topological polar surface area (TPSA) is 66.0 Å². The van der Waals surface area contributed by atoms with Gasteiger partial charge in [-0.2, -0.15) is 0 Å². The highest BCUT2D eigenvalue weighted by Gasteiger charge is 2.15. The summed E-state index contributed by atoms with van der Waals surface area (Å²) in [6.45, 7) is 7.89. The van der Waals surface area contributed by atoms with E-state index in [1.165, 1.54) is 0 Å². The molecule has 1 heterocycles. The molecule has 8 heteroatoms. The van der Waals surface area contributed by atoms with Crippen LogP contribution in [0.25, 0.3) is 0 Å². The van der Waals surface area contributed by atoms with Crippen molar-refractivity contribution in [3.8, 4) is 0 Å². The zero-order valence-corrected chi connectivity index (χ0v) is 20.8. The van der Waals surface area contributed by atoms with Gasteiger partial charge >= 0.3 is 0 Å². The molecule has 0 aliphatic carbocycles. The van der Waals surface area contributed by atoms with E-state index in [-0.39, 0.29) is 29.9 Å². The Labute approximate surface area is 196 Å². The Morgan fingerprint density at radius 2 is 2.07 bits per heavy atom. The van der Waals surface area contributed by atoms with Crippen LogP contribution in [0, 0.1) is 12.8 Å². The third-order valence-corrected chi connectivity index (χ3v) is 5.46. The van der Waals surface area contributed by atoms with E-state index in [0.29, 0.717) is 18.0 Å². The number of anilines is 1. The molecule has 6 nitrogen and oxygen atoms in total. The molecule has 0 unspecified atom stereocenters. The zero-order chi connectivity index (χ0) is 20.4. The molecule has 1 amide bonds. The molecule has 0 saturated carbocycles. The lowest BCUT2D eigenvalue weighted by molar-refractivity contribution is -0.116. The molecule has 0 spiro atoms. The maximum atomic E-state index is 12.2.